The van der Waals surface area contributed by atoms with Gasteiger partial charge in [-0.3, -0.25) is 9.59 Å². The van der Waals surface area contributed by atoms with Gasteiger partial charge in [0.1, 0.15) is 6.10 Å². The minimum Gasteiger partial charge on any atom is -0.481 e. The highest BCUT2D eigenvalue weighted by Crippen LogP contribution is 2.25. The largest absolute Gasteiger partial charge is 0.481 e. The first-order chi connectivity index (χ1) is 10.6. The molecule has 2 fully saturated rings. The van der Waals surface area contributed by atoms with E-state index in [0.29, 0.717) is 25.3 Å². The van der Waals surface area contributed by atoms with Crippen molar-refractivity contribution in [1.29, 1.82) is 0 Å². The van der Waals surface area contributed by atoms with Gasteiger partial charge in [-0.1, -0.05) is 19.8 Å². The minimum absolute atomic E-state index is 0.106. The van der Waals surface area contributed by atoms with Crippen LogP contribution in [0, 0.1) is 5.92 Å². The fourth-order valence-electron chi connectivity index (χ4n) is 3.62. The number of hydrogen-bond donors (Lipinski definition) is 1. The lowest BCUT2D eigenvalue weighted by atomic mass is 9.93. The van der Waals surface area contributed by atoms with Crippen LogP contribution in [0.2, 0.25) is 0 Å². The molecule has 2 rings (SSSR count). The Bertz CT molecular complexity index is 379. The Balaban J connectivity index is 1.84. The molecule has 1 heterocycles. The minimum atomic E-state index is -0.751. The molecule has 0 aromatic rings. The van der Waals surface area contributed by atoms with Crippen molar-refractivity contribution >= 4 is 11.9 Å². The Kier molecular flexibility index (Phi) is 6.68. The first kappa shape index (κ1) is 17.3. The van der Waals surface area contributed by atoms with E-state index in [4.69, 9.17) is 9.84 Å². The zero-order valence-electron chi connectivity index (χ0n) is 13.6. The lowest BCUT2D eigenvalue weighted by Gasteiger charge is -2.35. The molecule has 5 heteroatoms. The SMILES string of the molecule is CC[C@H](OC1CCCC1)C(=O)N1CCC[C@H](CCC(=O)O)C1. The summed E-state index contributed by atoms with van der Waals surface area (Å²) in [5.74, 6) is -0.327. The van der Waals surface area contributed by atoms with E-state index >= 15 is 0 Å². The predicted molar refractivity (Wildman–Crippen MR) is 83.6 cm³/mol. The maximum atomic E-state index is 12.7. The second kappa shape index (κ2) is 8.51. The van der Waals surface area contributed by atoms with Gasteiger partial charge in [0.25, 0.3) is 5.91 Å². The molecule has 0 unspecified atom stereocenters. The zero-order valence-corrected chi connectivity index (χ0v) is 13.6. The molecule has 1 amide bonds. The Labute approximate surface area is 133 Å². The summed E-state index contributed by atoms with van der Waals surface area (Å²) in [6, 6.07) is 0. The molecule has 0 aromatic heterocycles. The van der Waals surface area contributed by atoms with Gasteiger partial charge in [-0.2, -0.15) is 0 Å². The van der Waals surface area contributed by atoms with Gasteiger partial charge in [-0.05, 0) is 44.4 Å². The fraction of sp³-hybridized carbons (Fsp3) is 0.882. The number of hydrogen-bond acceptors (Lipinski definition) is 3. The molecular formula is C17H29NO4. The fourth-order valence-corrected chi connectivity index (χ4v) is 3.62. The van der Waals surface area contributed by atoms with Gasteiger partial charge in [-0.15, -0.1) is 0 Å². The molecule has 22 heavy (non-hydrogen) atoms. The van der Waals surface area contributed by atoms with E-state index in [-0.39, 0.29) is 24.5 Å². The highest BCUT2D eigenvalue weighted by molar-refractivity contribution is 5.81. The molecule has 1 saturated carbocycles. The molecule has 0 bridgehead atoms. The molecule has 0 spiro atoms. The van der Waals surface area contributed by atoms with Gasteiger partial charge in [0.15, 0.2) is 0 Å². The zero-order chi connectivity index (χ0) is 15.9. The number of nitrogens with zero attached hydrogens (tertiary/aromatic N) is 1. The molecule has 1 aliphatic carbocycles. The summed E-state index contributed by atoms with van der Waals surface area (Å²) in [7, 11) is 0. The Hall–Kier alpha value is -1.10. The van der Waals surface area contributed by atoms with Crippen LogP contribution in [0.1, 0.15) is 64.7 Å². The van der Waals surface area contributed by atoms with Crippen molar-refractivity contribution in [2.75, 3.05) is 13.1 Å². The van der Waals surface area contributed by atoms with Crippen LogP contribution in [-0.4, -0.2) is 47.2 Å². The third kappa shape index (κ3) is 4.97. The van der Waals surface area contributed by atoms with Crippen molar-refractivity contribution in [2.24, 2.45) is 5.92 Å². The average molecular weight is 311 g/mol. The molecule has 1 N–H and O–H groups in total. The number of carbonyl (C=O) groups excluding carboxylic acids is 1. The third-order valence-electron chi connectivity index (χ3n) is 4.90. The smallest absolute Gasteiger partial charge is 0.303 e. The molecule has 126 valence electrons. The maximum absolute atomic E-state index is 12.7. The highest BCUT2D eigenvalue weighted by Gasteiger charge is 2.31. The van der Waals surface area contributed by atoms with Crippen LogP contribution in [0.3, 0.4) is 0 Å². The van der Waals surface area contributed by atoms with Crippen LogP contribution in [0.15, 0.2) is 0 Å². The predicted octanol–water partition coefficient (Wildman–Crippen LogP) is 2.83. The van der Waals surface area contributed by atoms with Crippen LogP contribution in [0.5, 0.6) is 0 Å². The van der Waals surface area contributed by atoms with Crippen molar-refractivity contribution in [3.63, 3.8) is 0 Å². The molecule has 0 aromatic carbocycles. The molecule has 5 nitrogen and oxygen atoms in total. The van der Waals surface area contributed by atoms with Crippen LogP contribution >= 0.6 is 0 Å². The van der Waals surface area contributed by atoms with Crippen molar-refractivity contribution in [1.82, 2.24) is 4.90 Å². The second-order valence-electron chi connectivity index (χ2n) is 6.66. The Morgan fingerprint density at radius 1 is 1.23 bits per heavy atom. The van der Waals surface area contributed by atoms with E-state index in [1.807, 2.05) is 11.8 Å². The van der Waals surface area contributed by atoms with Gasteiger partial charge < -0.3 is 14.7 Å². The Morgan fingerprint density at radius 3 is 2.59 bits per heavy atom. The maximum Gasteiger partial charge on any atom is 0.303 e. The lowest BCUT2D eigenvalue weighted by molar-refractivity contribution is -0.149. The van der Waals surface area contributed by atoms with Crippen molar-refractivity contribution in [3.05, 3.63) is 0 Å². The summed E-state index contributed by atoms with van der Waals surface area (Å²) >= 11 is 0. The van der Waals surface area contributed by atoms with Crippen LogP contribution < -0.4 is 0 Å². The van der Waals surface area contributed by atoms with Crippen molar-refractivity contribution in [2.45, 2.75) is 76.9 Å². The van der Waals surface area contributed by atoms with E-state index in [2.05, 4.69) is 0 Å². The molecule has 2 aliphatic rings. The first-order valence-corrected chi connectivity index (χ1v) is 8.76. The number of aliphatic carboxylic acids is 1. The number of carbonyl (C=O) groups is 2. The van der Waals surface area contributed by atoms with Gasteiger partial charge in [0.05, 0.1) is 6.10 Å². The van der Waals surface area contributed by atoms with Crippen LogP contribution in [-0.2, 0) is 14.3 Å². The summed E-state index contributed by atoms with van der Waals surface area (Å²) in [5, 5.41) is 8.80. The van der Waals surface area contributed by atoms with E-state index in [0.717, 1.165) is 32.2 Å². The number of piperidine rings is 1. The topological polar surface area (TPSA) is 66.8 Å². The van der Waals surface area contributed by atoms with Crippen LogP contribution in [0.4, 0.5) is 0 Å². The number of likely N-dealkylation sites (tertiary alicyclic amines) is 1. The molecule has 0 radical (unpaired) electrons. The lowest BCUT2D eigenvalue weighted by Crippen LogP contribution is -2.46. The van der Waals surface area contributed by atoms with E-state index in [1.54, 1.807) is 0 Å². The number of amides is 1. The summed E-state index contributed by atoms with van der Waals surface area (Å²) < 4.78 is 6.02. The monoisotopic (exact) mass is 311 g/mol. The first-order valence-electron chi connectivity index (χ1n) is 8.76. The summed E-state index contributed by atoms with van der Waals surface area (Å²) in [5.41, 5.74) is 0. The third-order valence-corrected chi connectivity index (χ3v) is 4.90. The number of carboxylic acid groups (broad SMARTS) is 1. The van der Waals surface area contributed by atoms with Gasteiger partial charge in [-0.25, -0.2) is 0 Å². The molecule has 2 atom stereocenters. The van der Waals surface area contributed by atoms with E-state index < -0.39 is 5.97 Å². The second-order valence-corrected chi connectivity index (χ2v) is 6.66. The van der Waals surface area contributed by atoms with Gasteiger partial charge in [0, 0.05) is 19.5 Å². The molecular weight excluding hydrogens is 282 g/mol. The summed E-state index contributed by atoms with van der Waals surface area (Å²) in [6.07, 6.45) is 8.06. The number of ether oxygens (including phenoxy) is 1. The number of carboxylic acids is 1. The molecule has 1 saturated heterocycles. The van der Waals surface area contributed by atoms with Gasteiger partial charge >= 0.3 is 5.97 Å². The van der Waals surface area contributed by atoms with Crippen LogP contribution in [0.25, 0.3) is 0 Å². The Morgan fingerprint density at radius 2 is 1.95 bits per heavy atom. The highest BCUT2D eigenvalue weighted by atomic mass is 16.5. The summed E-state index contributed by atoms with van der Waals surface area (Å²) in [6.45, 7) is 3.48. The quantitative estimate of drug-likeness (QED) is 0.785. The van der Waals surface area contributed by atoms with Gasteiger partial charge in [0.2, 0.25) is 0 Å². The molecule has 1 aliphatic heterocycles. The number of rotatable bonds is 7. The standard InChI is InChI=1S/C17H29NO4/c1-2-15(22-14-7-3-4-8-14)17(21)18-11-5-6-13(12-18)9-10-16(19)20/h13-15H,2-12H2,1H3,(H,19,20)/t13-,15+/m1/s1. The average Bonchev–Trinajstić information content (AvgIpc) is 3.03. The van der Waals surface area contributed by atoms with E-state index in [9.17, 15) is 9.59 Å². The summed E-state index contributed by atoms with van der Waals surface area (Å²) in [4.78, 5) is 25.3. The van der Waals surface area contributed by atoms with Crippen molar-refractivity contribution in [3.8, 4) is 0 Å². The van der Waals surface area contributed by atoms with Crippen molar-refractivity contribution < 1.29 is 19.4 Å². The normalized spacial score (nSPS) is 24.4. The van der Waals surface area contributed by atoms with E-state index in [1.165, 1.54) is 12.8 Å².